The number of hydrogen-bond acceptors (Lipinski definition) is 4. The Bertz CT molecular complexity index is 382. The van der Waals surface area contributed by atoms with Gasteiger partial charge in [-0.25, -0.2) is 4.79 Å². The van der Waals surface area contributed by atoms with Gasteiger partial charge in [0, 0.05) is 0 Å². The first-order valence-electron chi connectivity index (χ1n) is 5.45. The van der Waals surface area contributed by atoms with Crippen molar-refractivity contribution in [3.63, 3.8) is 0 Å². The van der Waals surface area contributed by atoms with Gasteiger partial charge in [-0.2, -0.15) is 0 Å². The molecule has 0 radical (unpaired) electrons. The molecule has 0 saturated carbocycles. The van der Waals surface area contributed by atoms with Crippen LogP contribution in [-0.4, -0.2) is 25.7 Å². The zero-order valence-corrected chi connectivity index (χ0v) is 11.3. The van der Waals surface area contributed by atoms with Crippen molar-refractivity contribution < 1.29 is 14.3 Å². The Labute approximate surface area is 109 Å². The third kappa shape index (κ3) is 4.36. The minimum Gasteiger partial charge on any atom is -0.480 e. The molecule has 0 aliphatic carbocycles. The molecule has 1 aromatic carbocycles. The molecule has 0 bridgehead atoms. The Hall–Kier alpha value is -1.07. The summed E-state index contributed by atoms with van der Waals surface area (Å²) < 4.78 is 11.1. The van der Waals surface area contributed by atoms with Crippen LogP contribution < -0.4 is 10.5 Å². The Morgan fingerprint density at radius 1 is 1.47 bits per heavy atom. The number of nitrogens with two attached hydrogens (primary N) is 1. The molecule has 0 spiro atoms. The number of ether oxygens (including phenoxy) is 2. The molecule has 94 valence electrons. The zero-order chi connectivity index (χ0) is 12.7. The van der Waals surface area contributed by atoms with E-state index >= 15 is 0 Å². The van der Waals surface area contributed by atoms with E-state index < -0.39 is 0 Å². The van der Waals surface area contributed by atoms with Crippen molar-refractivity contribution in [1.29, 1.82) is 0 Å². The van der Waals surface area contributed by atoms with Crippen LogP contribution in [0, 0.1) is 0 Å². The van der Waals surface area contributed by atoms with Crippen molar-refractivity contribution in [2.24, 2.45) is 5.73 Å². The summed E-state index contributed by atoms with van der Waals surface area (Å²) in [5, 5.41) is 0. The minimum absolute atomic E-state index is 0.0893. The summed E-state index contributed by atoms with van der Waals surface area (Å²) in [7, 11) is 0. The highest BCUT2D eigenvalue weighted by Crippen LogP contribution is 2.29. The molecule has 0 atom stereocenters. The lowest BCUT2D eigenvalue weighted by Crippen LogP contribution is -2.16. The molecule has 4 nitrogen and oxygen atoms in total. The molecular weight excluding hydrogens is 286 g/mol. The summed E-state index contributed by atoms with van der Waals surface area (Å²) >= 11 is 3.39. The van der Waals surface area contributed by atoms with Gasteiger partial charge in [0.15, 0.2) is 6.61 Å². The lowest BCUT2D eigenvalue weighted by molar-refractivity contribution is -0.145. The van der Waals surface area contributed by atoms with E-state index in [4.69, 9.17) is 15.2 Å². The van der Waals surface area contributed by atoms with Crippen LogP contribution in [0.5, 0.6) is 5.75 Å². The van der Waals surface area contributed by atoms with Gasteiger partial charge in [0.2, 0.25) is 0 Å². The highest BCUT2D eigenvalue weighted by molar-refractivity contribution is 9.10. The molecular formula is C12H16BrNO3. The number of hydrogen-bond donors (Lipinski definition) is 1. The molecule has 0 amide bonds. The maximum Gasteiger partial charge on any atom is 0.344 e. The first kappa shape index (κ1) is 14.0. The molecule has 0 heterocycles. The summed E-state index contributed by atoms with van der Waals surface area (Å²) in [6.45, 7) is 2.56. The van der Waals surface area contributed by atoms with Crippen LogP contribution in [0.2, 0.25) is 0 Å². The van der Waals surface area contributed by atoms with Crippen molar-refractivity contribution in [1.82, 2.24) is 0 Å². The second-order valence-electron chi connectivity index (χ2n) is 3.36. The molecule has 5 heteroatoms. The number of para-hydroxylation sites is 1. The Morgan fingerprint density at radius 2 is 2.24 bits per heavy atom. The third-order valence-electron chi connectivity index (χ3n) is 2.10. The van der Waals surface area contributed by atoms with Gasteiger partial charge in [-0.3, -0.25) is 0 Å². The first-order valence-corrected chi connectivity index (χ1v) is 6.24. The lowest BCUT2D eigenvalue weighted by atomic mass is 10.1. The maximum atomic E-state index is 11.2. The molecule has 17 heavy (non-hydrogen) atoms. The first-order chi connectivity index (χ1) is 8.19. The van der Waals surface area contributed by atoms with Gasteiger partial charge < -0.3 is 15.2 Å². The average Bonchev–Trinajstić information content (AvgIpc) is 2.29. The van der Waals surface area contributed by atoms with Crippen LogP contribution in [-0.2, 0) is 16.0 Å². The van der Waals surface area contributed by atoms with Crippen molar-refractivity contribution >= 4 is 21.9 Å². The average molecular weight is 302 g/mol. The van der Waals surface area contributed by atoms with Crippen molar-refractivity contribution in [2.45, 2.75) is 13.3 Å². The van der Waals surface area contributed by atoms with E-state index in [1.807, 2.05) is 18.2 Å². The predicted octanol–water partition coefficient (Wildman–Crippen LogP) is 1.89. The minimum atomic E-state index is -0.373. The smallest absolute Gasteiger partial charge is 0.344 e. The fraction of sp³-hybridized carbons (Fsp3) is 0.417. The topological polar surface area (TPSA) is 61.5 Å². The van der Waals surface area contributed by atoms with E-state index in [0.29, 0.717) is 25.3 Å². The number of carbonyl (C=O) groups excluding carboxylic acids is 1. The van der Waals surface area contributed by atoms with E-state index in [-0.39, 0.29) is 12.6 Å². The summed E-state index contributed by atoms with van der Waals surface area (Å²) in [6.07, 6.45) is 0.706. The molecule has 0 saturated heterocycles. The summed E-state index contributed by atoms with van der Waals surface area (Å²) in [4.78, 5) is 11.2. The molecule has 0 aliphatic heterocycles. The van der Waals surface area contributed by atoms with Crippen LogP contribution in [0.15, 0.2) is 22.7 Å². The second kappa shape index (κ2) is 7.29. The molecule has 0 aromatic heterocycles. The predicted molar refractivity (Wildman–Crippen MR) is 69.0 cm³/mol. The SMILES string of the molecule is CCOC(=O)COc1c(Br)cccc1CCN. The molecule has 0 unspecified atom stereocenters. The normalized spacial score (nSPS) is 10.1. The summed E-state index contributed by atoms with van der Waals surface area (Å²) in [6, 6.07) is 5.70. The Balaban J connectivity index is 2.71. The van der Waals surface area contributed by atoms with Crippen LogP contribution in [0.1, 0.15) is 12.5 Å². The van der Waals surface area contributed by atoms with Gasteiger partial charge in [0.1, 0.15) is 5.75 Å². The van der Waals surface area contributed by atoms with Gasteiger partial charge in [-0.1, -0.05) is 12.1 Å². The number of esters is 1. The fourth-order valence-electron chi connectivity index (χ4n) is 1.40. The number of halogens is 1. The zero-order valence-electron chi connectivity index (χ0n) is 9.74. The Kier molecular flexibility index (Phi) is 6.00. The summed E-state index contributed by atoms with van der Waals surface area (Å²) in [5.74, 6) is 0.285. The van der Waals surface area contributed by atoms with Gasteiger partial charge in [-0.05, 0) is 47.4 Å². The van der Waals surface area contributed by atoms with Crippen molar-refractivity contribution in [3.8, 4) is 5.75 Å². The van der Waals surface area contributed by atoms with Crippen LogP contribution in [0.3, 0.4) is 0 Å². The molecule has 1 aromatic rings. The van der Waals surface area contributed by atoms with E-state index in [9.17, 15) is 4.79 Å². The molecule has 0 aliphatic rings. The van der Waals surface area contributed by atoms with Gasteiger partial charge in [-0.15, -0.1) is 0 Å². The van der Waals surface area contributed by atoms with Gasteiger partial charge in [0.05, 0.1) is 11.1 Å². The maximum absolute atomic E-state index is 11.2. The highest BCUT2D eigenvalue weighted by atomic mass is 79.9. The second-order valence-corrected chi connectivity index (χ2v) is 4.21. The standard InChI is InChI=1S/C12H16BrNO3/c1-2-16-11(15)8-17-12-9(6-7-14)4-3-5-10(12)13/h3-5H,2,6-8,14H2,1H3. The lowest BCUT2D eigenvalue weighted by Gasteiger charge is -2.12. The molecule has 0 fully saturated rings. The highest BCUT2D eigenvalue weighted by Gasteiger charge is 2.10. The largest absolute Gasteiger partial charge is 0.480 e. The van der Waals surface area contributed by atoms with Crippen LogP contribution in [0.4, 0.5) is 0 Å². The number of benzene rings is 1. The van der Waals surface area contributed by atoms with Gasteiger partial charge in [0.25, 0.3) is 0 Å². The number of rotatable bonds is 6. The number of carbonyl (C=O) groups is 1. The van der Waals surface area contributed by atoms with Gasteiger partial charge >= 0.3 is 5.97 Å². The van der Waals surface area contributed by atoms with Crippen LogP contribution >= 0.6 is 15.9 Å². The molecule has 2 N–H and O–H groups in total. The van der Waals surface area contributed by atoms with Crippen LogP contribution in [0.25, 0.3) is 0 Å². The van der Waals surface area contributed by atoms with Crippen molar-refractivity contribution in [2.75, 3.05) is 19.8 Å². The fourth-order valence-corrected chi connectivity index (χ4v) is 1.92. The Morgan fingerprint density at radius 3 is 2.88 bits per heavy atom. The van der Waals surface area contributed by atoms with E-state index in [0.717, 1.165) is 10.0 Å². The monoisotopic (exact) mass is 301 g/mol. The van der Waals surface area contributed by atoms with E-state index in [2.05, 4.69) is 15.9 Å². The van der Waals surface area contributed by atoms with E-state index in [1.54, 1.807) is 6.92 Å². The molecule has 1 rings (SSSR count). The quantitative estimate of drug-likeness (QED) is 0.815. The summed E-state index contributed by atoms with van der Waals surface area (Å²) in [5.41, 5.74) is 6.50. The van der Waals surface area contributed by atoms with E-state index in [1.165, 1.54) is 0 Å². The third-order valence-corrected chi connectivity index (χ3v) is 2.73. The van der Waals surface area contributed by atoms with Crippen molar-refractivity contribution in [3.05, 3.63) is 28.2 Å².